The summed E-state index contributed by atoms with van der Waals surface area (Å²) < 4.78 is 0. The molecule has 0 bridgehead atoms. The van der Waals surface area contributed by atoms with Crippen LogP contribution in [0.3, 0.4) is 0 Å². The molecule has 0 N–H and O–H groups in total. The molecular weight excluding hydrogens is 252 g/mol. The average molecular weight is 293 g/mol. The molecule has 0 heterocycles. The monoisotopic (exact) mass is 292 g/mol. The second-order valence-electron chi connectivity index (χ2n) is 9.13. The van der Waals surface area contributed by atoms with Crippen molar-refractivity contribution in [2.75, 3.05) is 0 Å². The van der Waals surface area contributed by atoms with E-state index in [-0.39, 0.29) is 0 Å². The van der Waals surface area contributed by atoms with E-state index < -0.39 is 0 Å². The van der Waals surface area contributed by atoms with E-state index in [9.17, 15) is 0 Å². The Bertz CT molecular complexity index is 273. The normalized spacial score (nSPS) is 54.3. The van der Waals surface area contributed by atoms with E-state index in [1.54, 1.807) is 0 Å². The van der Waals surface area contributed by atoms with Crippen LogP contribution >= 0.6 is 0 Å². The van der Waals surface area contributed by atoms with Gasteiger partial charge in [0.15, 0.2) is 0 Å². The van der Waals surface area contributed by atoms with Crippen LogP contribution in [-0.4, -0.2) is 0 Å². The number of rotatable bonds is 4. The summed E-state index contributed by atoms with van der Waals surface area (Å²) >= 11 is 0. The van der Waals surface area contributed by atoms with Crippen molar-refractivity contribution < 1.29 is 0 Å². The molecule has 0 aliphatic heterocycles. The van der Waals surface area contributed by atoms with Crippen LogP contribution in [0.4, 0.5) is 0 Å². The van der Waals surface area contributed by atoms with Gasteiger partial charge in [-0.25, -0.2) is 0 Å². The zero-order valence-electron chi connectivity index (χ0n) is 15.9. The smallest absolute Gasteiger partial charge is 0.0357 e. The lowest BCUT2D eigenvalue weighted by Crippen LogP contribution is -2.16. The van der Waals surface area contributed by atoms with Gasteiger partial charge >= 0.3 is 0 Å². The Kier molecular flexibility index (Phi) is 5.48. The van der Waals surface area contributed by atoms with Crippen molar-refractivity contribution >= 4 is 0 Å². The van der Waals surface area contributed by atoms with Crippen molar-refractivity contribution in [2.45, 2.75) is 74.7 Å². The summed E-state index contributed by atoms with van der Waals surface area (Å²) in [4.78, 5) is 0. The summed E-state index contributed by atoms with van der Waals surface area (Å²) in [6.07, 6.45) is 4.43. The zero-order chi connectivity index (χ0) is 15.9. The lowest BCUT2D eigenvalue weighted by atomic mass is 9.81. The van der Waals surface area contributed by atoms with E-state index in [4.69, 9.17) is 0 Å². The quantitative estimate of drug-likeness (QED) is 0.554. The molecular formula is C21H40. The molecule has 2 saturated carbocycles. The van der Waals surface area contributed by atoms with E-state index in [1.807, 2.05) is 0 Å². The van der Waals surface area contributed by atoms with Gasteiger partial charge in [0.05, 0.1) is 0 Å². The summed E-state index contributed by atoms with van der Waals surface area (Å²) in [5.74, 6) is 9.41. The van der Waals surface area contributed by atoms with Crippen LogP contribution in [0.5, 0.6) is 0 Å². The fourth-order valence-electron chi connectivity index (χ4n) is 6.07. The molecule has 124 valence electrons. The molecule has 0 saturated heterocycles. The molecule has 8 atom stereocenters. The summed E-state index contributed by atoms with van der Waals surface area (Å²) in [6, 6.07) is 0. The lowest BCUT2D eigenvalue weighted by Gasteiger charge is -2.25. The molecule has 0 aromatic rings. The van der Waals surface area contributed by atoms with Crippen LogP contribution in [0.1, 0.15) is 74.7 Å². The SMILES string of the molecule is CC1C(C)C(C)C(CCCC2C(C)C(C)C(C)C2C)C1C. The molecule has 0 nitrogen and oxygen atoms in total. The first-order chi connectivity index (χ1) is 9.77. The molecule has 0 spiro atoms. The van der Waals surface area contributed by atoms with Crippen molar-refractivity contribution in [3.8, 4) is 0 Å². The first-order valence-corrected chi connectivity index (χ1v) is 9.77. The second-order valence-corrected chi connectivity index (χ2v) is 9.13. The summed E-state index contributed by atoms with van der Waals surface area (Å²) in [7, 11) is 0. The Morgan fingerprint density at radius 3 is 0.857 bits per heavy atom. The zero-order valence-corrected chi connectivity index (χ0v) is 15.9. The second kappa shape index (κ2) is 6.63. The molecule has 0 amide bonds. The Balaban J connectivity index is 1.85. The minimum atomic E-state index is 0.925. The largest absolute Gasteiger partial charge is 0.0620 e. The van der Waals surface area contributed by atoms with Gasteiger partial charge in [-0.05, 0) is 72.0 Å². The fourth-order valence-corrected chi connectivity index (χ4v) is 6.07. The van der Waals surface area contributed by atoms with Crippen molar-refractivity contribution in [1.82, 2.24) is 0 Å². The maximum atomic E-state index is 2.51. The molecule has 2 fully saturated rings. The van der Waals surface area contributed by atoms with E-state index in [1.165, 1.54) is 19.3 Å². The maximum absolute atomic E-state index is 2.51. The van der Waals surface area contributed by atoms with Gasteiger partial charge < -0.3 is 0 Å². The molecule has 0 heteroatoms. The van der Waals surface area contributed by atoms with Crippen LogP contribution in [0.2, 0.25) is 0 Å². The lowest BCUT2D eigenvalue weighted by molar-refractivity contribution is 0.250. The molecule has 0 radical (unpaired) electrons. The molecule has 8 unspecified atom stereocenters. The van der Waals surface area contributed by atoms with Gasteiger partial charge in [0.1, 0.15) is 0 Å². The maximum Gasteiger partial charge on any atom is -0.0357 e. The standard InChI is InChI=1S/C21H40/c1-12-13(2)17(6)20(16(12)5)10-9-11-21-18(7)14(3)15(4)19(21)8/h12-21H,9-11H2,1-8H3. The molecule has 0 aromatic heterocycles. The predicted molar refractivity (Wildman–Crippen MR) is 94.1 cm³/mol. The third-order valence-electron chi connectivity index (χ3n) is 8.75. The topological polar surface area (TPSA) is 0 Å². The summed E-state index contributed by atoms with van der Waals surface area (Å²) in [6.45, 7) is 20.0. The van der Waals surface area contributed by atoms with Crippen LogP contribution in [0.15, 0.2) is 0 Å². The van der Waals surface area contributed by atoms with Gasteiger partial charge in [0, 0.05) is 0 Å². The number of hydrogen-bond donors (Lipinski definition) is 0. The summed E-state index contributed by atoms with van der Waals surface area (Å²) in [5.41, 5.74) is 0. The Morgan fingerprint density at radius 2 is 0.619 bits per heavy atom. The third kappa shape index (κ3) is 3.06. The molecule has 0 aromatic carbocycles. The highest BCUT2D eigenvalue weighted by atomic mass is 14.5. The van der Waals surface area contributed by atoms with Gasteiger partial charge in [0.25, 0.3) is 0 Å². The van der Waals surface area contributed by atoms with E-state index in [0.29, 0.717) is 0 Å². The number of hydrogen-bond acceptors (Lipinski definition) is 0. The minimum Gasteiger partial charge on any atom is -0.0620 e. The highest BCUT2D eigenvalue weighted by molar-refractivity contribution is 4.91. The van der Waals surface area contributed by atoms with E-state index in [2.05, 4.69) is 55.4 Å². The Hall–Kier alpha value is 0. The van der Waals surface area contributed by atoms with Crippen molar-refractivity contribution in [2.24, 2.45) is 59.2 Å². The first-order valence-electron chi connectivity index (χ1n) is 9.77. The fraction of sp³-hybridized carbons (Fsp3) is 1.00. The van der Waals surface area contributed by atoms with Crippen LogP contribution in [-0.2, 0) is 0 Å². The highest BCUT2D eigenvalue weighted by Gasteiger charge is 2.43. The Labute approximate surface area is 134 Å². The molecule has 2 rings (SSSR count). The van der Waals surface area contributed by atoms with Crippen molar-refractivity contribution in [3.63, 3.8) is 0 Å². The third-order valence-corrected chi connectivity index (χ3v) is 8.75. The van der Waals surface area contributed by atoms with Crippen molar-refractivity contribution in [3.05, 3.63) is 0 Å². The van der Waals surface area contributed by atoms with Crippen molar-refractivity contribution in [1.29, 1.82) is 0 Å². The van der Waals surface area contributed by atoms with Crippen LogP contribution < -0.4 is 0 Å². The average Bonchev–Trinajstić information content (AvgIpc) is 2.76. The van der Waals surface area contributed by atoms with Crippen LogP contribution in [0.25, 0.3) is 0 Å². The highest BCUT2D eigenvalue weighted by Crippen LogP contribution is 2.50. The Morgan fingerprint density at radius 1 is 0.381 bits per heavy atom. The van der Waals surface area contributed by atoms with E-state index in [0.717, 1.165) is 59.2 Å². The van der Waals surface area contributed by atoms with Gasteiger partial charge in [-0.2, -0.15) is 0 Å². The van der Waals surface area contributed by atoms with Gasteiger partial charge in [-0.15, -0.1) is 0 Å². The molecule has 2 aliphatic carbocycles. The molecule has 2 aliphatic rings. The van der Waals surface area contributed by atoms with Gasteiger partial charge in [-0.3, -0.25) is 0 Å². The minimum absolute atomic E-state index is 0.925. The molecule has 21 heavy (non-hydrogen) atoms. The summed E-state index contributed by atoms with van der Waals surface area (Å²) in [5, 5.41) is 0. The van der Waals surface area contributed by atoms with Gasteiger partial charge in [-0.1, -0.05) is 61.8 Å². The first kappa shape index (κ1) is 17.4. The van der Waals surface area contributed by atoms with E-state index >= 15 is 0 Å². The van der Waals surface area contributed by atoms with Gasteiger partial charge in [0.2, 0.25) is 0 Å². The predicted octanol–water partition coefficient (Wildman–Crippen LogP) is 6.51. The van der Waals surface area contributed by atoms with Crippen LogP contribution in [0, 0.1) is 59.2 Å².